The van der Waals surface area contributed by atoms with E-state index in [9.17, 15) is 0 Å². The molecule has 1 aromatic rings. The Morgan fingerprint density at radius 3 is 2.68 bits per heavy atom. The van der Waals surface area contributed by atoms with Crippen molar-refractivity contribution >= 4 is 0 Å². The predicted octanol–water partition coefficient (Wildman–Crippen LogP) is -2.27. The molecule has 3 aliphatic rings. The van der Waals surface area contributed by atoms with Crippen LogP contribution in [0.3, 0.4) is 0 Å². The van der Waals surface area contributed by atoms with Gasteiger partial charge < -0.3 is 24.6 Å². The van der Waals surface area contributed by atoms with E-state index in [1.54, 1.807) is 9.80 Å². The topological polar surface area (TPSA) is 44.0 Å². The maximum absolute atomic E-state index is 5.60. The van der Waals surface area contributed by atoms with Crippen molar-refractivity contribution < 1.29 is 24.6 Å². The second-order valence-corrected chi connectivity index (χ2v) is 6.84. The molecule has 22 heavy (non-hydrogen) atoms. The summed E-state index contributed by atoms with van der Waals surface area (Å²) in [4.78, 5) is 3.55. The highest BCUT2D eigenvalue weighted by Crippen LogP contribution is 2.36. The van der Waals surface area contributed by atoms with Crippen LogP contribution >= 0.6 is 0 Å². The van der Waals surface area contributed by atoms with Crippen molar-refractivity contribution in [2.75, 3.05) is 46.1 Å². The number of quaternary nitrogens is 3. The minimum absolute atomic E-state index is 0.374. The average Bonchev–Trinajstić information content (AvgIpc) is 3.00. The number of rotatable bonds is 3. The van der Waals surface area contributed by atoms with Gasteiger partial charge in [-0.05, 0) is 18.6 Å². The van der Waals surface area contributed by atoms with Crippen molar-refractivity contribution in [3.05, 3.63) is 23.3 Å². The lowest BCUT2D eigenvalue weighted by molar-refractivity contribution is -1.03. The zero-order valence-electron chi connectivity index (χ0n) is 13.5. The first-order valence-corrected chi connectivity index (χ1v) is 8.77. The zero-order chi connectivity index (χ0) is 14.9. The van der Waals surface area contributed by atoms with Crippen molar-refractivity contribution in [3.8, 4) is 11.5 Å². The van der Waals surface area contributed by atoms with Crippen molar-refractivity contribution in [3.63, 3.8) is 0 Å². The number of hydrogen-bond acceptors (Lipinski definition) is 2. The summed E-state index contributed by atoms with van der Waals surface area (Å²) in [7, 11) is 0. The van der Waals surface area contributed by atoms with Crippen LogP contribution in [0, 0.1) is 0 Å². The fourth-order valence-electron chi connectivity index (χ4n) is 4.30. The summed E-state index contributed by atoms with van der Waals surface area (Å²) in [5.41, 5.74) is 2.94. The van der Waals surface area contributed by atoms with Gasteiger partial charge in [0, 0.05) is 11.1 Å². The summed E-state index contributed by atoms with van der Waals surface area (Å²) < 4.78 is 11.1. The van der Waals surface area contributed by atoms with Crippen LogP contribution in [0.4, 0.5) is 0 Å². The molecule has 0 spiro atoms. The molecule has 4 N–H and O–H groups in total. The molecule has 0 aromatic heterocycles. The Morgan fingerprint density at radius 1 is 1.14 bits per heavy atom. The van der Waals surface area contributed by atoms with Crippen LogP contribution in [0.1, 0.15) is 30.5 Å². The molecule has 3 heterocycles. The molecule has 5 heteroatoms. The summed E-state index contributed by atoms with van der Waals surface area (Å²) in [6.07, 6.45) is 1.30. The Labute approximate surface area is 132 Å². The molecular formula is C17H28N3O2+3. The van der Waals surface area contributed by atoms with Gasteiger partial charge in [0.1, 0.15) is 39.3 Å². The van der Waals surface area contributed by atoms with Gasteiger partial charge in [0.15, 0.2) is 17.5 Å². The Kier molecular flexibility index (Phi) is 3.94. The Morgan fingerprint density at radius 2 is 1.91 bits per heavy atom. The Hall–Kier alpha value is -1.30. The number of ether oxygens (including phenoxy) is 2. The third kappa shape index (κ3) is 2.57. The van der Waals surface area contributed by atoms with E-state index < -0.39 is 0 Å². The molecule has 1 saturated heterocycles. The van der Waals surface area contributed by atoms with Gasteiger partial charge in [0.05, 0.1) is 6.54 Å². The molecule has 1 fully saturated rings. The highest BCUT2D eigenvalue weighted by atomic mass is 16.7. The van der Waals surface area contributed by atoms with E-state index >= 15 is 0 Å². The maximum atomic E-state index is 5.60. The second kappa shape index (κ2) is 6.07. The number of piperazine rings is 1. The largest absolute Gasteiger partial charge is 0.454 e. The molecule has 0 aliphatic carbocycles. The highest BCUT2D eigenvalue weighted by Gasteiger charge is 2.36. The lowest BCUT2D eigenvalue weighted by Gasteiger charge is -2.36. The van der Waals surface area contributed by atoms with E-state index in [-0.39, 0.29) is 0 Å². The molecule has 1 aromatic carbocycles. The van der Waals surface area contributed by atoms with Crippen molar-refractivity contribution in [1.82, 2.24) is 0 Å². The fourth-order valence-corrected chi connectivity index (χ4v) is 4.30. The molecule has 3 aliphatic heterocycles. The van der Waals surface area contributed by atoms with Crippen LogP contribution in [-0.2, 0) is 6.54 Å². The number of nitrogens with one attached hydrogen (secondary N) is 2. The third-order valence-electron chi connectivity index (χ3n) is 5.47. The van der Waals surface area contributed by atoms with Crippen LogP contribution in [0.2, 0.25) is 0 Å². The summed E-state index contributed by atoms with van der Waals surface area (Å²) in [6, 6.07) is 5.08. The Balaban J connectivity index is 1.53. The average molecular weight is 306 g/mol. The molecule has 0 saturated carbocycles. The van der Waals surface area contributed by atoms with Crippen molar-refractivity contribution in [2.24, 2.45) is 0 Å². The second-order valence-electron chi connectivity index (χ2n) is 6.84. The Bertz CT molecular complexity index is 541. The normalized spacial score (nSPS) is 30.1. The highest BCUT2D eigenvalue weighted by molar-refractivity contribution is 5.49. The number of benzene rings is 1. The number of hydrogen-bond donors (Lipinski definition) is 3. The van der Waals surface area contributed by atoms with Gasteiger partial charge >= 0.3 is 0 Å². The van der Waals surface area contributed by atoms with E-state index in [0.717, 1.165) is 18.0 Å². The first-order valence-electron chi connectivity index (χ1n) is 8.77. The van der Waals surface area contributed by atoms with Crippen LogP contribution < -0.4 is 24.6 Å². The van der Waals surface area contributed by atoms with E-state index in [1.807, 2.05) is 0 Å². The zero-order valence-corrected chi connectivity index (χ0v) is 13.5. The van der Waals surface area contributed by atoms with Gasteiger partial charge in [-0.15, -0.1) is 0 Å². The van der Waals surface area contributed by atoms with Crippen molar-refractivity contribution in [1.29, 1.82) is 0 Å². The van der Waals surface area contributed by atoms with Crippen LogP contribution in [0.5, 0.6) is 11.5 Å². The summed E-state index contributed by atoms with van der Waals surface area (Å²) >= 11 is 0. The SMILES string of the molecule is CCC[NH+]1CC[NH+]([C@@H]2C[NH2+]Cc3cc4c(cc32)OCO4)CC1. The standard InChI is InChI=1S/C17H25N3O2/c1-2-3-19-4-6-20(7-5-19)15-11-18-10-13-8-16-17(9-14(13)15)22-12-21-16/h8-9,15,18H,2-7,10-12H2,1H3/p+3/t15-/m1/s1. The predicted molar refractivity (Wildman–Crippen MR) is 82.4 cm³/mol. The quantitative estimate of drug-likeness (QED) is 0.590. The molecule has 120 valence electrons. The lowest BCUT2D eigenvalue weighted by Crippen LogP contribution is -3.29. The fraction of sp³-hybridized carbons (Fsp3) is 0.647. The van der Waals surface area contributed by atoms with Gasteiger partial charge in [-0.1, -0.05) is 6.92 Å². The minimum Gasteiger partial charge on any atom is -0.454 e. The van der Waals surface area contributed by atoms with Gasteiger partial charge in [0.2, 0.25) is 6.79 Å². The van der Waals surface area contributed by atoms with Crippen LogP contribution in [-0.4, -0.2) is 46.1 Å². The van der Waals surface area contributed by atoms with Crippen LogP contribution in [0.25, 0.3) is 0 Å². The first-order chi connectivity index (χ1) is 10.8. The molecule has 0 amide bonds. The van der Waals surface area contributed by atoms with Crippen molar-refractivity contribution in [2.45, 2.75) is 25.9 Å². The smallest absolute Gasteiger partial charge is 0.231 e. The molecular weight excluding hydrogens is 278 g/mol. The van der Waals surface area contributed by atoms with Gasteiger partial charge in [-0.3, -0.25) is 0 Å². The van der Waals surface area contributed by atoms with E-state index in [2.05, 4.69) is 24.4 Å². The maximum Gasteiger partial charge on any atom is 0.231 e. The molecule has 0 unspecified atom stereocenters. The summed E-state index contributed by atoms with van der Waals surface area (Å²) in [6.45, 7) is 11.5. The van der Waals surface area contributed by atoms with Crippen LogP contribution in [0.15, 0.2) is 12.1 Å². The molecule has 0 radical (unpaired) electrons. The first kappa shape index (κ1) is 14.3. The van der Waals surface area contributed by atoms with E-state index in [4.69, 9.17) is 9.47 Å². The minimum atomic E-state index is 0.374. The summed E-state index contributed by atoms with van der Waals surface area (Å²) in [5, 5.41) is 2.45. The summed E-state index contributed by atoms with van der Waals surface area (Å²) in [5.74, 6) is 1.88. The molecule has 1 atom stereocenters. The molecule has 0 bridgehead atoms. The number of fused-ring (bicyclic) bond motifs is 2. The molecule has 5 nitrogen and oxygen atoms in total. The van der Waals surface area contributed by atoms with E-state index in [0.29, 0.717) is 12.8 Å². The lowest BCUT2D eigenvalue weighted by atomic mass is 9.94. The van der Waals surface area contributed by atoms with Gasteiger partial charge in [-0.2, -0.15) is 0 Å². The van der Waals surface area contributed by atoms with Gasteiger partial charge in [0.25, 0.3) is 0 Å². The molecule has 4 rings (SSSR count). The monoisotopic (exact) mass is 306 g/mol. The van der Waals surface area contributed by atoms with E-state index in [1.165, 1.54) is 56.8 Å². The third-order valence-corrected chi connectivity index (χ3v) is 5.47. The number of nitrogens with two attached hydrogens (primary N) is 1. The van der Waals surface area contributed by atoms with Gasteiger partial charge in [-0.25, -0.2) is 0 Å².